The number of benzene rings is 3. The van der Waals surface area contributed by atoms with Crippen LogP contribution in [0.5, 0.6) is 0 Å². The average molecular weight is 358 g/mol. The van der Waals surface area contributed by atoms with Crippen molar-refractivity contribution in [3.05, 3.63) is 102 Å². The minimum Gasteiger partial charge on any atom is -0.341 e. The minimum atomic E-state index is -0.426. The lowest BCUT2D eigenvalue weighted by molar-refractivity contribution is 0.102. The highest BCUT2D eigenvalue weighted by molar-refractivity contribution is 6.09. The van der Waals surface area contributed by atoms with E-state index in [1.54, 1.807) is 6.07 Å². The summed E-state index contributed by atoms with van der Waals surface area (Å²) in [5, 5.41) is 3.87. The first-order valence-corrected chi connectivity index (χ1v) is 8.80. The molecular formula is C23H19FN2O. The zero-order valence-electron chi connectivity index (χ0n) is 14.9. The topological polar surface area (TPSA) is 34.0 Å². The molecule has 1 N–H and O–H groups in total. The zero-order valence-corrected chi connectivity index (χ0v) is 14.9. The van der Waals surface area contributed by atoms with Gasteiger partial charge in [-0.3, -0.25) is 4.79 Å². The van der Waals surface area contributed by atoms with Gasteiger partial charge in [0.2, 0.25) is 0 Å². The van der Waals surface area contributed by atoms with Crippen LogP contribution < -0.4 is 5.32 Å². The van der Waals surface area contributed by atoms with Crippen LogP contribution in [0.2, 0.25) is 0 Å². The number of carbonyl (C=O) groups is 1. The van der Waals surface area contributed by atoms with Crippen molar-refractivity contribution in [1.82, 2.24) is 4.57 Å². The molecule has 3 aromatic carbocycles. The molecule has 0 atom stereocenters. The molecule has 0 fully saturated rings. The van der Waals surface area contributed by atoms with Crippen LogP contribution >= 0.6 is 0 Å². The van der Waals surface area contributed by atoms with Gasteiger partial charge in [-0.25, -0.2) is 4.39 Å². The molecule has 0 bridgehead atoms. The molecule has 0 aliphatic rings. The number of halogens is 1. The monoisotopic (exact) mass is 358 g/mol. The molecule has 0 unspecified atom stereocenters. The lowest BCUT2D eigenvalue weighted by atomic mass is 10.1. The van der Waals surface area contributed by atoms with Crippen LogP contribution in [0.3, 0.4) is 0 Å². The Morgan fingerprint density at radius 3 is 2.56 bits per heavy atom. The quantitative estimate of drug-likeness (QED) is 0.521. The second kappa shape index (κ2) is 7.08. The second-order valence-electron chi connectivity index (χ2n) is 6.64. The second-order valence-corrected chi connectivity index (χ2v) is 6.64. The molecule has 0 aliphatic carbocycles. The predicted molar refractivity (Wildman–Crippen MR) is 107 cm³/mol. The molecule has 4 rings (SSSR count). The number of aromatic nitrogens is 1. The molecule has 0 aliphatic heterocycles. The van der Waals surface area contributed by atoms with Crippen molar-refractivity contribution >= 4 is 22.5 Å². The third kappa shape index (κ3) is 3.60. The van der Waals surface area contributed by atoms with E-state index >= 15 is 0 Å². The van der Waals surface area contributed by atoms with Crippen molar-refractivity contribution in [2.24, 2.45) is 0 Å². The van der Waals surface area contributed by atoms with E-state index in [-0.39, 0.29) is 5.91 Å². The number of hydrogen-bond acceptors (Lipinski definition) is 1. The molecule has 1 aromatic heterocycles. The van der Waals surface area contributed by atoms with E-state index in [2.05, 4.69) is 41.1 Å². The van der Waals surface area contributed by atoms with E-state index in [0.717, 1.165) is 10.9 Å². The summed E-state index contributed by atoms with van der Waals surface area (Å²) < 4.78 is 15.5. The van der Waals surface area contributed by atoms with E-state index in [0.29, 0.717) is 17.8 Å². The first-order chi connectivity index (χ1) is 13.1. The van der Waals surface area contributed by atoms with Gasteiger partial charge < -0.3 is 9.88 Å². The molecule has 1 amide bonds. The van der Waals surface area contributed by atoms with Gasteiger partial charge in [0.15, 0.2) is 0 Å². The maximum absolute atomic E-state index is 13.4. The number of anilines is 1. The standard InChI is InChI=1S/C23H19FN2O/c1-16-9-11-17(12-10-16)14-26-15-21(20-7-2-3-8-22(20)26)25-23(27)18-5-4-6-19(24)13-18/h2-13,15H,14H2,1H3,(H,25,27). The fraction of sp³-hybridized carbons (Fsp3) is 0.0870. The SMILES string of the molecule is Cc1ccc(Cn2cc(NC(=O)c3cccc(F)c3)c3ccccc32)cc1. The van der Waals surface area contributed by atoms with Gasteiger partial charge in [0.25, 0.3) is 5.91 Å². The number of para-hydroxylation sites is 1. The van der Waals surface area contributed by atoms with Crippen LogP contribution in [0.15, 0.2) is 79.0 Å². The highest BCUT2D eigenvalue weighted by Gasteiger charge is 2.13. The third-order valence-electron chi connectivity index (χ3n) is 4.60. The fourth-order valence-electron chi connectivity index (χ4n) is 3.19. The van der Waals surface area contributed by atoms with Crippen molar-refractivity contribution in [3.8, 4) is 0 Å². The first-order valence-electron chi connectivity index (χ1n) is 8.80. The summed E-state index contributed by atoms with van der Waals surface area (Å²) in [6.07, 6.45) is 1.93. The summed E-state index contributed by atoms with van der Waals surface area (Å²) in [4.78, 5) is 12.5. The van der Waals surface area contributed by atoms with E-state index in [9.17, 15) is 9.18 Å². The Labute approximate surface area is 157 Å². The number of nitrogens with zero attached hydrogens (tertiary/aromatic N) is 1. The summed E-state index contributed by atoms with van der Waals surface area (Å²) in [5.74, 6) is -0.753. The van der Waals surface area contributed by atoms with Crippen molar-refractivity contribution in [2.75, 3.05) is 5.32 Å². The number of amides is 1. The Morgan fingerprint density at radius 2 is 1.78 bits per heavy atom. The number of hydrogen-bond donors (Lipinski definition) is 1. The third-order valence-corrected chi connectivity index (χ3v) is 4.60. The fourth-order valence-corrected chi connectivity index (χ4v) is 3.19. The minimum absolute atomic E-state index is 0.297. The van der Waals surface area contributed by atoms with Crippen molar-refractivity contribution in [2.45, 2.75) is 13.5 Å². The molecule has 134 valence electrons. The van der Waals surface area contributed by atoms with Crippen LogP contribution in [0.4, 0.5) is 10.1 Å². The Bertz CT molecular complexity index is 1110. The summed E-state index contributed by atoms with van der Waals surface area (Å²) in [7, 11) is 0. The Hall–Kier alpha value is -3.40. The van der Waals surface area contributed by atoms with Gasteiger partial charge in [-0.2, -0.15) is 0 Å². The number of aryl methyl sites for hydroxylation is 1. The zero-order chi connectivity index (χ0) is 18.8. The van der Waals surface area contributed by atoms with Gasteiger partial charge in [0.1, 0.15) is 5.82 Å². The molecule has 0 saturated heterocycles. The molecule has 4 heteroatoms. The predicted octanol–water partition coefficient (Wildman–Crippen LogP) is 5.39. The molecule has 0 spiro atoms. The molecule has 0 saturated carbocycles. The van der Waals surface area contributed by atoms with Gasteiger partial charge in [-0.05, 0) is 36.8 Å². The van der Waals surface area contributed by atoms with Crippen LogP contribution in [0, 0.1) is 12.7 Å². The van der Waals surface area contributed by atoms with Crippen LogP contribution in [0.1, 0.15) is 21.5 Å². The molecule has 4 aromatic rings. The summed E-state index contributed by atoms with van der Waals surface area (Å²) >= 11 is 0. The maximum atomic E-state index is 13.4. The number of fused-ring (bicyclic) bond motifs is 1. The van der Waals surface area contributed by atoms with Gasteiger partial charge in [0, 0.05) is 23.7 Å². The van der Waals surface area contributed by atoms with Gasteiger partial charge >= 0.3 is 0 Å². The van der Waals surface area contributed by atoms with E-state index in [4.69, 9.17) is 0 Å². The van der Waals surface area contributed by atoms with Crippen molar-refractivity contribution < 1.29 is 9.18 Å². The summed E-state index contributed by atoms with van der Waals surface area (Å²) in [6, 6.07) is 22.0. The molecule has 3 nitrogen and oxygen atoms in total. The smallest absolute Gasteiger partial charge is 0.255 e. The number of nitrogens with one attached hydrogen (secondary N) is 1. The first kappa shape index (κ1) is 17.0. The van der Waals surface area contributed by atoms with E-state index < -0.39 is 5.82 Å². The van der Waals surface area contributed by atoms with E-state index in [1.807, 2.05) is 30.5 Å². The largest absolute Gasteiger partial charge is 0.341 e. The highest BCUT2D eigenvalue weighted by Crippen LogP contribution is 2.27. The van der Waals surface area contributed by atoms with E-state index in [1.165, 1.54) is 29.3 Å². The van der Waals surface area contributed by atoms with Crippen LogP contribution in [-0.4, -0.2) is 10.5 Å². The number of carbonyl (C=O) groups excluding carboxylic acids is 1. The highest BCUT2D eigenvalue weighted by atomic mass is 19.1. The van der Waals surface area contributed by atoms with Gasteiger partial charge in [-0.15, -0.1) is 0 Å². The van der Waals surface area contributed by atoms with Gasteiger partial charge in [-0.1, -0.05) is 54.1 Å². The molecule has 0 radical (unpaired) electrons. The lowest BCUT2D eigenvalue weighted by Crippen LogP contribution is -2.11. The van der Waals surface area contributed by atoms with Crippen LogP contribution in [-0.2, 0) is 6.54 Å². The summed E-state index contributed by atoms with van der Waals surface area (Å²) in [5.41, 5.74) is 4.45. The lowest BCUT2D eigenvalue weighted by Gasteiger charge is -2.06. The maximum Gasteiger partial charge on any atom is 0.255 e. The van der Waals surface area contributed by atoms with Crippen LogP contribution in [0.25, 0.3) is 10.9 Å². The van der Waals surface area contributed by atoms with Gasteiger partial charge in [0.05, 0.1) is 11.2 Å². The molecule has 1 heterocycles. The molecule has 27 heavy (non-hydrogen) atoms. The number of rotatable bonds is 4. The summed E-state index contributed by atoms with van der Waals surface area (Å²) in [6.45, 7) is 2.77. The molecular weight excluding hydrogens is 339 g/mol. The van der Waals surface area contributed by atoms with Crippen molar-refractivity contribution in [3.63, 3.8) is 0 Å². The normalized spacial score (nSPS) is 10.9. The Kier molecular flexibility index (Phi) is 4.47. The van der Waals surface area contributed by atoms with Crippen molar-refractivity contribution in [1.29, 1.82) is 0 Å². The average Bonchev–Trinajstić information content (AvgIpc) is 3.01. The Morgan fingerprint density at radius 1 is 1.00 bits per heavy atom. The Balaban J connectivity index is 1.67.